The predicted molar refractivity (Wildman–Crippen MR) is 67.8 cm³/mol. The minimum absolute atomic E-state index is 0.196. The number of benzene rings is 1. The fourth-order valence-corrected chi connectivity index (χ4v) is 1.67. The van der Waals surface area contributed by atoms with Gasteiger partial charge >= 0.3 is 5.97 Å². The molecule has 94 valence electrons. The van der Waals surface area contributed by atoms with E-state index < -0.39 is 5.97 Å². The van der Waals surface area contributed by atoms with Crippen LogP contribution in [-0.4, -0.2) is 24.7 Å². The minimum Gasteiger partial charge on any atom is -0.496 e. The fourth-order valence-electron chi connectivity index (χ4n) is 1.67. The van der Waals surface area contributed by atoms with Gasteiger partial charge < -0.3 is 15.2 Å². The van der Waals surface area contributed by atoms with E-state index in [0.717, 1.165) is 22.6 Å². The van der Waals surface area contributed by atoms with Gasteiger partial charge in [0.1, 0.15) is 5.75 Å². The van der Waals surface area contributed by atoms with Crippen LogP contribution in [0.3, 0.4) is 0 Å². The molecule has 4 nitrogen and oxygen atoms in total. The van der Waals surface area contributed by atoms with E-state index in [-0.39, 0.29) is 6.42 Å². The molecule has 1 aromatic carbocycles. The molecule has 0 fully saturated rings. The number of rotatable bonds is 6. The maximum Gasteiger partial charge on any atom is 0.303 e. The van der Waals surface area contributed by atoms with Crippen molar-refractivity contribution in [3.05, 3.63) is 23.3 Å². The van der Waals surface area contributed by atoms with Crippen LogP contribution in [-0.2, 0) is 4.79 Å². The summed E-state index contributed by atoms with van der Waals surface area (Å²) in [6.45, 7) is 4.70. The van der Waals surface area contributed by atoms with E-state index in [1.807, 2.05) is 26.0 Å². The van der Waals surface area contributed by atoms with Crippen LogP contribution in [0, 0.1) is 13.8 Å². The zero-order chi connectivity index (χ0) is 12.8. The maximum absolute atomic E-state index is 10.4. The smallest absolute Gasteiger partial charge is 0.303 e. The van der Waals surface area contributed by atoms with Crippen molar-refractivity contribution in [3.63, 3.8) is 0 Å². The van der Waals surface area contributed by atoms with Crippen molar-refractivity contribution in [3.8, 4) is 5.75 Å². The van der Waals surface area contributed by atoms with E-state index in [1.54, 1.807) is 7.11 Å². The van der Waals surface area contributed by atoms with Crippen molar-refractivity contribution in [2.24, 2.45) is 0 Å². The van der Waals surface area contributed by atoms with Crippen LogP contribution >= 0.6 is 0 Å². The predicted octanol–water partition coefficient (Wildman–Crippen LogP) is 2.59. The molecule has 0 spiro atoms. The molecule has 0 aliphatic rings. The van der Waals surface area contributed by atoms with Crippen LogP contribution in [0.4, 0.5) is 5.69 Å². The van der Waals surface area contributed by atoms with Crippen LogP contribution < -0.4 is 10.1 Å². The molecule has 0 saturated heterocycles. The normalized spacial score (nSPS) is 10.1. The summed E-state index contributed by atoms with van der Waals surface area (Å²) in [4.78, 5) is 10.4. The van der Waals surface area contributed by atoms with Crippen LogP contribution in [0.1, 0.15) is 24.0 Å². The van der Waals surface area contributed by atoms with Gasteiger partial charge in [0, 0.05) is 18.7 Å². The highest BCUT2D eigenvalue weighted by Crippen LogP contribution is 2.27. The molecule has 17 heavy (non-hydrogen) atoms. The summed E-state index contributed by atoms with van der Waals surface area (Å²) < 4.78 is 5.23. The summed E-state index contributed by atoms with van der Waals surface area (Å²) >= 11 is 0. The molecule has 0 aromatic heterocycles. The molecule has 0 bridgehead atoms. The molecule has 0 aliphatic carbocycles. The Kier molecular flexibility index (Phi) is 4.82. The lowest BCUT2D eigenvalue weighted by atomic mass is 10.1. The lowest BCUT2D eigenvalue weighted by molar-refractivity contribution is -0.137. The number of ether oxygens (including phenoxy) is 1. The summed E-state index contributed by atoms with van der Waals surface area (Å²) in [5.74, 6) is 0.119. The molecule has 0 saturated carbocycles. The number of hydrogen-bond acceptors (Lipinski definition) is 3. The van der Waals surface area contributed by atoms with Crippen molar-refractivity contribution >= 4 is 11.7 Å². The van der Waals surface area contributed by atoms with Gasteiger partial charge in [-0.25, -0.2) is 0 Å². The molecule has 2 N–H and O–H groups in total. The van der Waals surface area contributed by atoms with E-state index in [2.05, 4.69) is 5.32 Å². The Labute approximate surface area is 102 Å². The van der Waals surface area contributed by atoms with E-state index in [4.69, 9.17) is 9.84 Å². The summed E-state index contributed by atoms with van der Waals surface area (Å²) in [6, 6.07) is 3.88. The zero-order valence-electron chi connectivity index (χ0n) is 10.5. The largest absolute Gasteiger partial charge is 0.496 e. The first kappa shape index (κ1) is 13.4. The van der Waals surface area contributed by atoms with E-state index in [9.17, 15) is 4.79 Å². The maximum atomic E-state index is 10.4. The van der Waals surface area contributed by atoms with Gasteiger partial charge in [0.05, 0.1) is 7.11 Å². The molecular formula is C13H19NO3. The van der Waals surface area contributed by atoms with Crippen molar-refractivity contribution in [2.75, 3.05) is 19.0 Å². The number of carboxylic acid groups (broad SMARTS) is 1. The third kappa shape index (κ3) is 3.66. The highest BCUT2D eigenvalue weighted by atomic mass is 16.5. The Morgan fingerprint density at radius 1 is 1.35 bits per heavy atom. The van der Waals surface area contributed by atoms with Crippen molar-refractivity contribution < 1.29 is 14.6 Å². The molecule has 0 amide bonds. The van der Waals surface area contributed by atoms with Gasteiger partial charge in [0.2, 0.25) is 0 Å². The number of nitrogens with one attached hydrogen (secondary N) is 1. The van der Waals surface area contributed by atoms with Crippen LogP contribution in [0.25, 0.3) is 0 Å². The van der Waals surface area contributed by atoms with Gasteiger partial charge in [-0.1, -0.05) is 0 Å². The van der Waals surface area contributed by atoms with Crippen molar-refractivity contribution in [1.29, 1.82) is 0 Å². The Bertz CT molecular complexity index is 402. The first-order valence-corrected chi connectivity index (χ1v) is 5.66. The van der Waals surface area contributed by atoms with E-state index in [0.29, 0.717) is 13.0 Å². The summed E-state index contributed by atoms with van der Waals surface area (Å²) in [7, 11) is 1.65. The Morgan fingerprint density at radius 3 is 2.65 bits per heavy atom. The topological polar surface area (TPSA) is 58.6 Å². The second-order valence-corrected chi connectivity index (χ2v) is 3.99. The monoisotopic (exact) mass is 237 g/mol. The summed E-state index contributed by atoms with van der Waals surface area (Å²) in [5, 5.41) is 11.8. The molecular weight excluding hydrogens is 218 g/mol. The van der Waals surface area contributed by atoms with Crippen LogP contribution in [0.5, 0.6) is 5.75 Å². The summed E-state index contributed by atoms with van der Waals surface area (Å²) in [6.07, 6.45) is 0.820. The highest BCUT2D eigenvalue weighted by Gasteiger charge is 2.06. The van der Waals surface area contributed by atoms with Crippen molar-refractivity contribution in [1.82, 2.24) is 0 Å². The number of aliphatic carboxylic acids is 1. The van der Waals surface area contributed by atoms with E-state index >= 15 is 0 Å². The molecule has 4 heteroatoms. The molecule has 1 rings (SSSR count). The molecule has 1 aromatic rings. The number of methoxy groups -OCH3 is 1. The molecule has 0 atom stereocenters. The quantitative estimate of drug-likeness (QED) is 0.747. The SMILES string of the molecule is COc1ccc(NCCCC(=O)O)c(C)c1C. The average molecular weight is 237 g/mol. The van der Waals surface area contributed by atoms with Gasteiger partial charge in [-0.05, 0) is 43.5 Å². The van der Waals surface area contributed by atoms with Gasteiger partial charge in [-0.3, -0.25) is 4.79 Å². The van der Waals surface area contributed by atoms with Gasteiger partial charge in [-0.2, -0.15) is 0 Å². The highest BCUT2D eigenvalue weighted by molar-refractivity contribution is 5.66. The number of carboxylic acids is 1. The third-order valence-electron chi connectivity index (χ3n) is 2.84. The first-order valence-electron chi connectivity index (χ1n) is 5.66. The third-order valence-corrected chi connectivity index (χ3v) is 2.84. The second-order valence-electron chi connectivity index (χ2n) is 3.99. The lowest BCUT2D eigenvalue weighted by Gasteiger charge is -2.14. The molecule has 0 radical (unpaired) electrons. The van der Waals surface area contributed by atoms with E-state index in [1.165, 1.54) is 0 Å². The van der Waals surface area contributed by atoms with Gasteiger partial charge in [0.25, 0.3) is 0 Å². The number of anilines is 1. The molecule has 0 heterocycles. The standard InChI is InChI=1S/C13H19NO3/c1-9-10(2)12(17-3)7-6-11(9)14-8-4-5-13(15)16/h6-7,14H,4-5,8H2,1-3H3,(H,15,16). The molecule has 0 unspecified atom stereocenters. The first-order chi connectivity index (χ1) is 8.06. The lowest BCUT2D eigenvalue weighted by Crippen LogP contribution is -2.06. The Balaban J connectivity index is 2.60. The molecule has 0 aliphatic heterocycles. The average Bonchev–Trinajstić information content (AvgIpc) is 2.29. The van der Waals surface area contributed by atoms with Crippen LogP contribution in [0.2, 0.25) is 0 Å². The zero-order valence-corrected chi connectivity index (χ0v) is 10.5. The Hall–Kier alpha value is -1.71. The summed E-state index contributed by atoms with van der Waals surface area (Å²) in [5.41, 5.74) is 3.28. The van der Waals surface area contributed by atoms with Gasteiger partial charge in [-0.15, -0.1) is 0 Å². The van der Waals surface area contributed by atoms with Crippen molar-refractivity contribution in [2.45, 2.75) is 26.7 Å². The fraction of sp³-hybridized carbons (Fsp3) is 0.462. The second kappa shape index (κ2) is 6.13. The Morgan fingerprint density at radius 2 is 2.06 bits per heavy atom. The van der Waals surface area contributed by atoms with Crippen LogP contribution in [0.15, 0.2) is 12.1 Å². The number of hydrogen-bond donors (Lipinski definition) is 2. The van der Waals surface area contributed by atoms with Gasteiger partial charge in [0.15, 0.2) is 0 Å². The number of carbonyl (C=O) groups is 1. The minimum atomic E-state index is -0.755.